The Hall–Kier alpha value is -3.44. The van der Waals surface area contributed by atoms with Crippen LogP contribution in [-0.4, -0.2) is 24.1 Å². The van der Waals surface area contributed by atoms with Crippen LogP contribution < -0.4 is 8.79 Å². The topological polar surface area (TPSA) is 9.23 Å². The molecule has 0 aromatic heterocycles. The number of hydrogen-bond donors (Lipinski definition) is 0. The summed E-state index contributed by atoms with van der Waals surface area (Å²) in [6.07, 6.45) is -0.146. The van der Waals surface area contributed by atoms with E-state index in [1.807, 2.05) is 0 Å². The first kappa shape index (κ1) is 35.9. The number of rotatable bonds is 9. The van der Waals surface area contributed by atoms with Gasteiger partial charge in [0.1, 0.15) is 0 Å². The third kappa shape index (κ3) is 7.57. The molecule has 0 fully saturated rings. The van der Waals surface area contributed by atoms with Crippen molar-refractivity contribution in [1.29, 1.82) is 0 Å². The molecule has 3 heteroatoms. The Morgan fingerprint density at radius 2 is 0.833 bits per heavy atom. The van der Waals surface area contributed by atoms with Gasteiger partial charge in [0.05, 0.1) is 0 Å². The fourth-order valence-corrected chi connectivity index (χ4v) is 16.8. The van der Waals surface area contributed by atoms with Crippen molar-refractivity contribution in [3.63, 3.8) is 0 Å². The van der Waals surface area contributed by atoms with E-state index in [2.05, 4.69) is 168 Å². The Morgan fingerprint density at radius 3 is 1.19 bits per heavy atom. The van der Waals surface area contributed by atoms with Crippen LogP contribution in [-0.2, 0) is 4.43 Å². The molecule has 0 aliphatic rings. The van der Waals surface area contributed by atoms with Crippen LogP contribution in [0.4, 0.5) is 0 Å². The Bertz CT molecular complexity index is 1790. The second-order valence-corrected chi connectivity index (χ2v) is 19.6. The minimum atomic E-state index is -2.37. The monoisotopic (exact) mass is 709 g/mol. The maximum absolute atomic E-state index is 7.23. The Labute approximate surface area is 297 Å². The molecule has 5 aromatic rings. The Morgan fingerprint density at radius 1 is 0.500 bits per heavy atom. The summed E-state index contributed by atoms with van der Waals surface area (Å²) < 4.78 is 11.8. The normalized spacial score (nSPS) is 12.0. The average Bonchev–Trinajstić information content (AvgIpc) is 2.97. The molecule has 0 atom stereocenters. The first-order chi connectivity index (χ1) is 22.8. The van der Waals surface area contributed by atoms with Gasteiger partial charge >= 0.3 is 299 Å². The summed E-state index contributed by atoms with van der Waals surface area (Å²) in [6.45, 7) is 27.1. The van der Waals surface area contributed by atoms with E-state index >= 15 is 0 Å². The quantitative estimate of drug-likeness (QED) is 0.139. The van der Waals surface area contributed by atoms with Crippen LogP contribution in [0.1, 0.15) is 89.6 Å². The van der Waals surface area contributed by atoms with Gasteiger partial charge in [0, 0.05) is 0 Å². The summed E-state index contributed by atoms with van der Waals surface area (Å²) in [6, 6.07) is 29.9. The van der Waals surface area contributed by atoms with Gasteiger partial charge in [-0.15, -0.1) is 0 Å². The van der Waals surface area contributed by atoms with Gasteiger partial charge in [-0.1, -0.05) is 0 Å². The molecule has 5 rings (SSSR count). The molecule has 0 unspecified atom stereocenters. The average molecular weight is 709 g/mol. The van der Waals surface area contributed by atoms with Gasteiger partial charge in [-0.2, -0.15) is 0 Å². The Kier molecular flexibility index (Phi) is 11.2. The van der Waals surface area contributed by atoms with Crippen molar-refractivity contribution < 1.29 is 4.43 Å². The third-order valence-electron chi connectivity index (χ3n) is 9.60. The van der Waals surface area contributed by atoms with Crippen LogP contribution in [0.3, 0.4) is 0 Å². The van der Waals surface area contributed by atoms with Gasteiger partial charge < -0.3 is 0 Å². The van der Waals surface area contributed by atoms with Crippen LogP contribution in [0, 0.1) is 83.1 Å². The second-order valence-electron chi connectivity index (χ2n) is 14.1. The third-order valence-corrected chi connectivity index (χ3v) is 18.4. The standard InChI is InChI=1S/C45H51GeOSi/c1-27-18-31(5)41(32(6)19-27)45(42-33(7)20-28(2)21-34(42)8)47-48-26-40(39-16-14-13-15-17-39)46(43-35(9)22-29(3)23-36(43)10)44-37(11)24-30(4)25-38(44)12/h13-26,45H,1-12H3/b40-26+. The molecular weight excluding hydrogens is 657 g/mol. The van der Waals surface area contributed by atoms with Crippen LogP contribution in [0.5, 0.6) is 0 Å². The van der Waals surface area contributed by atoms with Gasteiger partial charge in [-0.05, 0) is 0 Å². The number of aryl methyl sites for hydroxylation is 12. The summed E-state index contributed by atoms with van der Waals surface area (Å²) in [7, 11) is 0.194. The molecule has 0 heterocycles. The van der Waals surface area contributed by atoms with Gasteiger partial charge in [-0.25, -0.2) is 0 Å². The van der Waals surface area contributed by atoms with Gasteiger partial charge in [0.2, 0.25) is 0 Å². The summed E-state index contributed by atoms with van der Waals surface area (Å²) >= 11 is -2.37. The fraction of sp³-hybridized carbons (Fsp3) is 0.289. The first-order valence-electron chi connectivity index (χ1n) is 17.1. The molecule has 0 amide bonds. The molecule has 0 aliphatic heterocycles. The molecule has 0 saturated heterocycles. The van der Waals surface area contributed by atoms with E-state index in [0.717, 1.165) is 0 Å². The number of hydrogen-bond acceptors (Lipinski definition) is 1. The van der Waals surface area contributed by atoms with Crippen molar-refractivity contribution in [2.75, 3.05) is 0 Å². The molecule has 0 N–H and O–H groups in total. The Balaban J connectivity index is 1.73. The molecular formula is C45H51GeOSi. The zero-order valence-electron chi connectivity index (χ0n) is 31.1. The summed E-state index contributed by atoms with van der Waals surface area (Å²) in [5.41, 5.74) is 22.4. The molecule has 5 aromatic carbocycles. The van der Waals surface area contributed by atoms with Crippen molar-refractivity contribution in [3.05, 3.63) is 168 Å². The van der Waals surface area contributed by atoms with E-state index in [9.17, 15) is 0 Å². The van der Waals surface area contributed by atoms with E-state index in [-0.39, 0.29) is 15.9 Å². The first-order valence-corrected chi connectivity index (χ1v) is 21.3. The fourth-order valence-electron chi connectivity index (χ4n) is 8.09. The number of benzene rings is 5. The molecule has 0 spiro atoms. The van der Waals surface area contributed by atoms with Crippen LogP contribution in [0.2, 0.25) is 0 Å². The van der Waals surface area contributed by atoms with Gasteiger partial charge in [0.25, 0.3) is 0 Å². The zero-order valence-corrected chi connectivity index (χ0v) is 34.2. The van der Waals surface area contributed by atoms with Gasteiger partial charge in [0.15, 0.2) is 0 Å². The van der Waals surface area contributed by atoms with Crippen LogP contribution in [0.15, 0.2) is 84.6 Å². The summed E-state index contributed by atoms with van der Waals surface area (Å²) in [4.78, 5) is 0. The molecule has 48 heavy (non-hydrogen) atoms. The van der Waals surface area contributed by atoms with E-state index in [1.54, 1.807) is 8.79 Å². The van der Waals surface area contributed by atoms with Crippen molar-refractivity contribution in [3.8, 4) is 0 Å². The van der Waals surface area contributed by atoms with Crippen molar-refractivity contribution in [1.82, 2.24) is 0 Å². The predicted molar refractivity (Wildman–Crippen MR) is 211 cm³/mol. The van der Waals surface area contributed by atoms with E-state index in [0.29, 0.717) is 0 Å². The molecule has 0 saturated carbocycles. The maximum atomic E-state index is 7.23. The van der Waals surface area contributed by atoms with E-state index in [4.69, 9.17) is 4.43 Å². The molecule has 0 bridgehead atoms. The van der Waals surface area contributed by atoms with Crippen molar-refractivity contribution in [2.45, 2.75) is 89.2 Å². The molecule has 245 valence electrons. The minimum absolute atomic E-state index is 0.146. The summed E-state index contributed by atoms with van der Waals surface area (Å²) in [5.74, 6) is 0. The van der Waals surface area contributed by atoms with Crippen molar-refractivity contribution in [2.24, 2.45) is 0 Å². The van der Waals surface area contributed by atoms with Crippen molar-refractivity contribution >= 4 is 37.3 Å². The van der Waals surface area contributed by atoms with Gasteiger partial charge in [-0.3, -0.25) is 0 Å². The van der Waals surface area contributed by atoms with Crippen LogP contribution in [0.25, 0.3) is 4.41 Å². The second kappa shape index (κ2) is 15.0. The van der Waals surface area contributed by atoms with Crippen LogP contribution >= 0.6 is 0 Å². The predicted octanol–water partition coefficient (Wildman–Crippen LogP) is 10.0. The SMILES string of the molecule is Cc1cc(C)c(C(O[Si]/C=[C](\c2ccccc2)[Ge]([c]2c(C)cc(C)cc2C)[c]2c(C)cc(C)cc2C)c2c(C)cc(C)cc2C)c(C)c1. The van der Waals surface area contributed by atoms with E-state index < -0.39 is 14.3 Å². The molecule has 3 radical (unpaired) electrons. The zero-order chi connectivity index (χ0) is 34.9. The molecule has 0 aliphatic carbocycles. The molecule has 1 nitrogen and oxygen atoms in total. The van der Waals surface area contributed by atoms with E-state index in [1.165, 1.54) is 87.9 Å². The summed E-state index contributed by atoms with van der Waals surface area (Å²) in [5, 5.41) is 0.